The molecule has 1 saturated carbocycles. The second-order valence-electron chi connectivity index (χ2n) is 8.14. The molecule has 146 valence electrons. The molecule has 0 spiro atoms. The molecule has 1 aliphatic carbocycles. The SMILES string of the molecule is O=C(O)C1CCO[C@H]1C1CCN(C(=O)C2(c3cccc(F)c3)CCC2)CC1. The van der Waals surface area contributed by atoms with Crippen molar-refractivity contribution in [2.75, 3.05) is 19.7 Å². The summed E-state index contributed by atoms with van der Waals surface area (Å²) in [6.07, 6.45) is 4.38. The smallest absolute Gasteiger partial charge is 0.309 e. The number of rotatable bonds is 4. The number of likely N-dealkylation sites (tertiary alicyclic amines) is 1. The van der Waals surface area contributed by atoms with Crippen molar-refractivity contribution >= 4 is 11.9 Å². The van der Waals surface area contributed by atoms with Gasteiger partial charge in [-0.3, -0.25) is 9.59 Å². The van der Waals surface area contributed by atoms with Gasteiger partial charge in [-0.2, -0.15) is 0 Å². The van der Waals surface area contributed by atoms with E-state index in [2.05, 4.69) is 0 Å². The van der Waals surface area contributed by atoms with E-state index in [-0.39, 0.29) is 23.7 Å². The van der Waals surface area contributed by atoms with Crippen molar-refractivity contribution in [1.82, 2.24) is 4.90 Å². The average Bonchev–Trinajstić information content (AvgIpc) is 3.11. The van der Waals surface area contributed by atoms with Crippen molar-refractivity contribution in [3.8, 4) is 0 Å². The molecule has 1 aromatic rings. The molecule has 2 atom stereocenters. The number of amides is 1. The first kappa shape index (κ1) is 18.4. The highest BCUT2D eigenvalue weighted by Crippen LogP contribution is 2.46. The summed E-state index contributed by atoms with van der Waals surface area (Å²) in [5.41, 5.74) is 0.202. The number of ether oxygens (including phenoxy) is 1. The molecule has 1 N–H and O–H groups in total. The summed E-state index contributed by atoms with van der Waals surface area (Å²) in [6, 6.07) is 6.43. The highest BCUT2D eigenvalue weighted by molar-refractivity contribution is 5.89. The van der Waals surface area contributed by atoms with Crippen LogP contribution in [0.25, 0.3) is 0 Å². The van der Waals surface area contributed by atoms with Gasteiger partial charge in [0.1, 0.15) is 5.82 Å². The molecular weight excluding hydrogens is 349 g/mol. The maximum absolute atomic E-state index is 13.7. The van der Waals surface area contributed by atoms with Gasteiger partial charge in [0, 0.05) is 19.7 Å². The second kappa shape index (κ2) is 7.23. The van der Waals surface area contributed by atoms with E-state index in [0.717, 1.165) is 37.7 Å². The summed E-state index contributed by atoms with van der Waals surface area (Å²) in [4.78, 5) is 26.6. The monoisotopic (exact) mass is 375 g/mol. The number of piperidine rings is 1. The van der Waals surface area contributed by atoms with Crippen molar-refractivity contribution in [2.24, 2.45) is 11.8 Å². The van der Waals surface area contributed by atoms with Crippen LogP contribution in [0.3, 0.4) is 0 Å². The summed E-state index contributed by atoms with van der Waals surface area (Å²) < 4.78 is 19.4. The number of hydrogen-bond donors (Lipinski definition) is 1. The fourth-order valence-corrected chi connectivity index (χ4v) is 5.02. The number of nitrogens with zero attached hydrogens (tertiary/aromatic N) is 1. The van der Waals surface area contributed by atoms with Crippen molar-refractivity contribution in [2.45, 2.75) is 50.0 Å². The Hall–Kier alpha value is -1.95. The van der Waals surface area contributed by atoms with E-state index in [4.69, 9.17) is 4.74 Å². The van der Waals surface area contributed by atoms with Crippen LogP contribution in [0.2, 0.25) is 0 Å². The molecule has 0 radical (unpaired) electrons. The van der Waals surface area contributed by atoms with Gasteiger partial charge < -0.3 is 14.7 Å². The van der Waals surface area contributed by atoms with Gasteiger partial charge in [0.05, 0.1) is 17.4 Å². The maximum Gasteiger partial charge on any atom is 0.309 e. The lowest BCUT2D eigenvalue weighted by Gasteiger charge is -2.46. The van der Waals surface area contributed by atoms with E-state index >= 15 is 0 Å². The Morgan fingerprint density at radius 1 is 1.19 bits per heavy atom. The van der Waals surface area contributed by atoms with Crippen LogP contribution in [0.1, 0.15) is 44.1 Å². The second-order valence-corrected chi connectivity index (χ2v) is 8.14. The van der Waals surface area contributed by atoms with Crippen LogP contribution in [0.4, 0.5) is 4.39 Å². The molecule has 1 amide bonds. The van der Waals surface area contributed by atoms with Crippen LogP contribution in [0, 0.1) is 17.7 Å². The van der Waals surface area contributed by atoms with Crippen LogP contribution in [0.5, 0.6) is 0 Å². The third-order valence-electron chi connectivity index (χ3n) is 6.74. The molecule has 3 fully saturated rings. The van der Waals surface area contributed by atoms with E-state index in [9.17, 15) is 19.1 Å². The third kappa shape index (κ3) is 3.24. The zero-order valence-corrected chi connectivity index (χ0v) is 15.4. The number of carboxylic acids is 1. The fourth-order valence-electron chi connectivity index (χ4n) is 5.02. The fraction of sp³-hybridized carbons (Fsp3) is 0.619. The van der Waals surface area contributed by atoms with Gasteiger partial charge in [-0.25, -0.2) is 4.39 Å². The number of benzene rings is 1. The predicted octanol–water partition coefficient (Wildman–Crippen LogP) is 2.98. The molecule has 0 aromatic heterocycles. The van der Waals surface area contributed by atoms with Gasteiger partial charge in [0.2, 0.25) is 5.91 Å². The first-order valence-electron chi connectivity index (χ1n) is 9.91. The first-order valence-corrected chi connectivity index (χ1v) is 9.91. The molecule has 2 heterocycles. The van der Waals surface area contributed by atoms with E-state index in [1.807, 2.05) is 11.0 Å². The van der Waals surface area contributed by atoms with Crippen molar-refractivity contribution in [3.63, 3.8) is 0 Å². The molecule has 4 rings (SSSR count). The van der Waals surface area contributed by atoms with Gasteiger partial charge in [0.25, 0.3) is 0 Å². The Bertz CT molecular complexity index is 725. The van der Waals surface area contributed by atoms with Crippen molar-refractivity contribution in [1.29, 1.82) is 0 Å². The standard InChI is InChI=1S/C21H26FNO4/c22-16-4-1-3-15(13-16)21(8-2-9-21)20(26)23-10-5-14(6-11-23)18-17(19(24)25)7-12-27-18/h1,3-4,13-14,17-18H,2,5-12H2,(H,24,25)/t17?,18-/m0/s1. The number of hydrogen-bond acceptors (Lipinski definition) is 3. The van der Waals surface area contributed by atoms with Crippen LogP contribution in [-0.2, 0) is 19.7 Å². The molecule has 5 nitrogen and oxygen atoms in total. The predicted molar refractivity (Wildman–Crippen MR) is 96.7 cm³/mol. The van der Waals surface area contributed by atoms with Crippen molar-refractivity contribution < 1.29 is 23.8 Å². The Morgan fingerprint density at radius 3 is 2.52 bits per heavy atom. The maximum atomic E-state index is 13.7. The van der Waals surface area contributed by atoms with E-state index < -0.39 is 17.3 Å². The summed E-state index contributed by atoms with van der Waals surface area (Å²) in [7, 11) is 0. The number of carboxylic acid groups (broad SMARTS) is 1. The average molecular weight is 375 g/mol. The Morgan fingerprint density at radius 2 is 1.93 bits per heavy atom. The van der Waals surface area contributed by atoms with Gasteiger partial charge in [0.15, 0.2) is 0 Å². The summed E-state index contributed by atoms with van der Waals surface area (Å²) in [5.74, 6) is -1.23. The van der Waals surface area contributed by atoms with Gasteiger partial charge in [-0.05, 0) is 55.7 Å². The van der Waals surface area contributed by atoms with Crippen LogP contribution >= 0.6 is 0 Å². The first-order chi connectivity index (χ1) is 13.0. The van der Waals surface area contributed by atoms with E-state index in [1.54, 1.807) is 6.07 Å². The lowest BCUT2D eigenvalue weighted by atomic mass is 9.63. The number of aliphatic carboxylic acids is 1. The van der Waals surface area contributed by atoms with Crippen LogP contribution in [-0.4, -0.2) is 47.7 Å². The topological polar surface area (TPSA) is 66.8 Å². The van der Waals surface area contributed by atoms with Gasteiger partial charge in [-0.1, -0.05) is 18.6 Å². The molecule has 2 aliphatic heterocycles. The molecule has 2 saturated heterocycles. The van der Waals surface area contributed by atoms with Gasteiger partial charge >= 0.3 is 5.97 Å². The van der Waals surface area contributed by atoms with E-state index in [0.29, 0.717) is 26.1 Å². The molecule has 0 bridgehead atoms. The number of carbonyl (C=O) groups excluding carboxylic acids is 1. The molecule has 1 aromatic carbocycles. The minimum absolute atomic E-state index is 0.0972. The molecule has 1 unspecified atom stereocenters. The normalized spacial score (nSPS) is 28.0. The highest BCUT2D eigenvalue weighted by Gasteiger charge is 2.49. The summed E-state index contributed by atoms with van der Waals surface area (Å²) in [5, 5.41) is 9.37. The molecular formula is C21H26FNO4. The van der Waals surface area contributed by atoms with E-state index in [1.165, 1.54) is 12.1 Å². The lowest BCUT2D eigenvalue weighted by Crippen LogP contribution is -2.53. The Balaban J connectivity index is 1.43. The molecule has 3 aliphatic rings. The Kier molecular flexibility index (Phi) is 4.93. The summed E-state index contributed by atoms with van der Waals surface area (Å²) in [6.45, 7) is 1.74. The third-order valence-corrected chi connectivity index (χ3v) is 6.74. The van der Waals surface area contributed by atoms with Crippen LogP contribution in [0.15, 0.2) is 24.3 Å². The van der Waals surface area contributed by atoms with Gasteiger partial charge in [-0.15, -0.1) is 0 Å². The molecule has 27 heavy (non-hydrogen) atoms. The molecule has 6 heteroatoms. The minimum Gasteiger partial charge on any atom is -0.481 e. The largest absolute Gasteiger partial charge is 0.481 e. The lowest BCUT2D eigenvalue weighted by molar-refractivity contribution is -0.147. The van der Waals surface area contributed by atoms with Crippen LogP contribution < -0.4 is 0 Å². The highest BCUT2D eigenvalue weighted by atomic mass is 19.1. The van der Waals surface area contributed by atoms with Crippen molar-refractivity contribution in [3.05, 3.63) is 35.6 Å². The quantitative estimate of drug-likeness (QED) is 0.879. The number of halogens is 1. The Labute approximate surface area is 158 Å². The number of carbonyl (C=O) groups is 2. The zero-order chi connectivity index (χ0) is 19.0. The zero-order valence-electron chi connectivity index (χ0n) is 15.4. The minimum atomic E-state index is -0.782. The summed E-state index contributed by atoms with van der Waals surface area (Å²) >= 11 is 0.